The number of primary amides is 1. The van der Waals surface area contributed by atoms with E-state index in [0.29, 0.717) is 4.47 Å². The molecule has 20 heavy (non-hydrogen) atoms. The maximum atomic E-state index is 14.3. The number of hydrogen-bond acceptors (Lipinski definition) is 3. The molecule has 0 saturated heterocycles. The zero-order chi connectivity index (χ0) is 15.1. The largest absolute Gasteiger partial charge is 0.364 e. The van der Waals surface area contributed by atoms with Crippen molar-refractivity contribution >= 4 is 21.8 Å². The fourth-order valence-electron chi connectivity index (χ4n) is 1.78. The highest BCUT2D eigenvalue weighted by Gasteiger charge is 2.23. The lowest BCUT2D eigenvalue weighted by Crippen LogP contribution is -2.14. The summed E-state index contributed by atoms with van der Waals surface area (Å²) in [5.41, 5.74) is 6.15. The summed E-state index contributed by atoms with van der Waals surface area (Å²) in [4.78, 5) is 11.3. The number of hydrogen-bond donors (Lipinski definition) is 2. The van der Waals surface area contributed by atoms with Gasteiger partial charge in [0.05, 0.1) is 4.47 Å². The Morgan fingerprint density at radius 2 is 2.00 bits per heavy atom. The summed E-state index contributed by atoms with van der Waals surface area (Å²) in [7, 11) is 0. The van der Waals surface area contributed by atoms with E-state index in [4.69, 9.17) is 5.73 Å². The van der Waals surface area contributed by atoms with Crippen molar-refractivity contribution in [1.82, 2.24) is 15.4 Å². The van der Waals surface area contributed by atoms with Crippen molar-refractivity contribution in [3.05, 3.63) is 33.7 Å². The van der Waals surface area contributed by atoms with Gasteiger partial charge in [0.25, 0.3) is 5.91 Å². The molecule has 1 amide bonds. The van der Waals surface area contributed by atoms with Gasteiger partial charge in [-0.15, -0.1) is 0 Å². The Balaban J connectivity index is 2.70. The van der Waals surface area contributed by atoms with E-state index in [1.807, 2.05) is 20.8 Å². The molecule has 0 aliphatic rings. The van der Waals surface area contributed by atoms with Gasteiger partial charge in [-0.05, 0) is 39.0 Å². The van der Waals surface area contributed by atoms with Crippen LogP contribution in [-0.2, 0) is 5.41 Å². The first-order valence-electron chi connectivity index (χ1n) is 5.92. The minimum Gasteiger partial charge on any atom is -0.364 e. The van der Waals surface area contributed by atoms with E-state index >= 15 is 0 Å². The van der Waals surface area contributed by atoms with Crippen molar-refractivity contribution in [2.24, 2.45) is 5.73 Å². The van der Waals surface area contributed by atoms with E-state index in [0.717, 1.165) is 5.56 Å². The van der Waals surface area contributed by atoms with Gasteiger partial charge in [-0.25, -0.2) is 4.39 Å². The quantitative estimate of drug-likeness (QED) is 0.881. The van der Waals surface area contributed by atoms with Crippen molar-refractivity contribution < 1.29 is 9.18 Å². The molecular weight excluding hydrogens is 327 g/mol. The zero-order valence-electron chi connectivity index (χ0n) is 11.3. The van der Waals surface area contributed by atoms with E-state index in [9.17, 15) is 9.18 Å². The predicted octanol–water partition coefficient (Wildman–Crippen LogP) is 2.77. The summed E-state index contributed by atoms with van der Waals surface area (Å²) in [5, 5.41) is 9.80. The predicted molar refractivity (Wildman–Crippen MR) is 76.7 cm³/mol. The van der Waals surface area contributed by atoms with E-state index in [1.165, 1.54) is 0 Å². The number of carbonyl (C=O) groups is 1. The number of aromatic amines is 1. The summed E-state index contributed by atoms with van der Waals surface area (Å²) in [6.07, 6.45) is 0. The van der Waals surface area contributed by atoms with Crippen LogP contribution in [-0.4, -0.2) is 21.3 Å². The van der Waals surface area contributed by atoms with E-state index in [1.54, 1.807) is 12.1 Å². The molecule has 106 valence electrons. The molecule has 0 saturated carbocycles. The third kappa shape index (κ3) is 2.58. The summed E-state index contributed by atoms with van der Waals surface area (Å²) in [6, 6.07) is 3.37. The van der Waals surface area contributed by atoms with E-state index in [-0.39, 0.29) is 22.4 Å². The molecule has 1 aromatic heterocycles. The van der Waals surface area contributed by atoms with E-state index in [2.05, 4.69) is 31.3 Å². The Hall–Kier alpha value is -1.76. The Kier molecular flexibility index (Phi) is 3.64. The SMILES string of the molecule is CC(C)(C)c1cc(Br)c(F)c(-c2n[nH]nc2C(N)=O)c1. The Labute approximate surface area is 123 Å². The van der Waals surface area contributed by atoms with Crippen LogP contribution in [0.5, 0.6) is 0 Å². The van der Waals surface area contributed by atoms with Gasteiger partial charge < -0.3 is 5.73 Å². The van der Waals surface area contributed by atoms with E-state index < -0.39 is 11.7 Å². The molecule has 0 aliphatic carbocycles. The lowest BCUT2D eigenvalue weighted by molar-refractivity contribution is 0.0996. The molecule has 0 radical (unpaired) electrons. The normalized spacial score (nSPS) is 11.7. The van der Waals surface area contributed by atoms with Gasteiger partial charge in [0.2, 0.25) is 0 Å². The number of benzene rings is 1. The van der Waals surface area contributed by atoms with Crippen molar-refractivity contribution in [2.75, 3.05) is 0 Å². The minimum absolute atomic E-state index is 0.0816. The van der Waals surface area contributed by atoms with Crippen molar-refractivity contribution in [1.29, 1.82) is 0 Å². The van der Waals surface area contributed by atoms with Gasteiger partial charge in [-0.1, -0.05) is 20.8 Å². The van der Waals surface area contributed by atoms with Gasteiger partial charge in [-0.3, -0.25) is 4.79 Å². The number of nitrogens with one attached hydrogen (secondary N) is 1. The number of nitrogens with two attached hydrogens (primary N) is 1. The standard InChI is InChI=1S/C13H14BrFN4O/c1-13(2,3)6-4-7(9(15)8(14)5-6)10-11(12(16)20)18-19-17-10/h4-5H,1-3H3,(H2,16,20)(H,17,18,19). The average molecular weight is 341 g/mol. The van der Waals surface area contributed by atoms with Crippen LogP contribution in [0.2, 0.25) is 0 Å². The minimum atomic E-state index is -0.759. The van der Waals surface area contributed by atoms with Gasteiger partial charge in [-0.2, -0.15) is 15.4 Å². The molecule has 0 unspecified atom stereocenters. The number of amides is 1. The zero-order valence-corrected chi connectivity index (χ0v) is 12.9. The molecule has 0 spiro atoms. The van der Waals surface area contributed by atoms with Crippen molar-refractivity contribution in [3.63, 3.8) is 0 Å². The van der Waals surface area contributed by atoms with Gasteiger partial charge >= 0.3 is 0 Å². The molecule has 1 heterocycles. The molecule has 2 rings (SSSR count). The summed E-state index contributed by atoms with van der Waals surface area (Å²) < 4.78 is 14.6. The summed E-state index contributed by atoms with van der Waals surface area (Å²) in [5.74, 6) is -1.26. The molecule has 0 bridgehead atoms. The van der Waals surface area contributed by atoms with Crippen LogP contribution >= 0.6 is 15.9 Å². The first-order valence-corrected chi connectivity index (χ1v) is 6.71. The van der Waals surface area contributed by atoms with Crippen LogP contribution in [0.3, 0.4) is 0 Å². The highest BCUT2D eigenvalue weighted by Crippen LogP contribution is 2.34. The molecular formula is C13H14BrFN4O. The fourth-order valence-corrected chi connectivity index (χ4v) is 2.25. The smallest absolute Gasteiger partial charge is 0.271 e. The lowest BCUT2D eigenvalue weighted by Gasteiger charge is -2.20. The highest BCUT2D eigenvalue weighted by molar-refractivity contribution is 9.10. The van der Waals surface area contributed by atoms with Crippen LogP contribution in [0.25, 0.3) is 11.3 Å². The van der Waals surface area contributed by atoms with Gasteiger partial charge in [0.1, 0.15) is 11.5 Å². The summed E-state index contributed by atoms with van der Waals surface area (Å²) >= 11 is 3.19. The topological polar surface area (TPSA) is 84.7 Å². The first-order chi connectivity index (χ1) is 9.21. The lowest BCUT2D eigenvalue weighted by atomic mass is 9.85. The number of carbonyl (C=O) groups excluding carboxylic acids is 1. The third-order valence-corrected chi connectivity index (χ3v) is 3.51. The molecule has 2 aromatic rings. The second-order valence-electron chi connectivity index (χ2n) is 5.45. The molecule has 1 aromatic carbocycles. The maximum Gasteiger partial charge on any atom is 0.271 e. The number of halogens is 2. The van der Waals surface area contributed by atoms with Crippen molar-refractivity contribution in [2.45, 2.75) is 26.2 Å². The second-order valence-corrected chi connectivity index (χ2v) is 6.31. The van der Waals surface area contributed by atoms with Gasteiger partial charge in [0.15, 0.2) is 5.69 Å². The van der Waals surface area contributed by atoms with Crippen LogP contribution < -0.4 is 5.73 Å². The van der Waals surface area contributed by atoms with Gasteiger partial charge in [0, 0.05) is 5.56 Å². The Morgan fingerprint density at radius 1 is 1.35 bits per heavy atom. The average Bonchev–Trinajstić information content (AvgIpc) is 2.80. The molecule has 5 nitrogen and oxygen atoms in total. The number of H-pyrrole nitrogens is 1. The molecule has 3 N–H and O–H groups in total. The summed E-state index contributed by atoms with van der Waals surface area (Å²) in [6.45, 7) is 6.02. The van der Waals surface area contributed by atoms with Crippen LogP contribution in [0, 0.1) is 5.82 Å². The fraction of sp³-hybridized carbons (Fsp3) is 0.308. The number of rotatable bonds is 2. The first kappa shape index (κ1) is 14.6. The third-order valence-electron chi connectivity index (χ3n) is 2.93. The van der Waals surface area contributed by atoms with Crippen LogP contribution in [0.15, 0.2) is 16.6 Å². The Morgan fingerprint density at radius 3 is 2.55 bits per heavy atom. The molecule has 0 aliphatic heterocycles. The molecule has 0 fully saturated rings. The monoisotopic (exact) mass is 340 g/mol. The van der Waals surface area contributed by atoms with Crippen LogP contribution in [0.4, 0.5) is 4.39 Å². The molecule has 0 atom stereocenters. The maximum absolute atomic E-state index is 14.3. The number of aromatic nitrogens is 3. The number of nitrogens with zero attached hydrogens (tertiary/aromatic N) is 2. The van der Waals surface area contributed by atoms with Crippen molar-refractivity contribution in [3.8, 4) is 11.3 Å². The Bertz CT molecular complexity index is 675. The second kappa shape index (κ2) is 4.97. The highest BCUT2D eigenvalue weighted by atomic mass is 79.9. The van der Waals surface area contributed by atoms with Crippen LogP contribution in [0.1, 0.15) is 36.8 Å². The molecule has 7 heteroatoms.